The minimum absolute atomic E-state index is 0.102. The number of nitrogens with one attached hydrogen (secondary N) is 3. The number of carbonyl (C=O) groups excluding carboxylic acids is 3. The zero-order chi connectivity index (χ0) is 20.3. The van der Waals surface area contributed by atoms with E-state index < -0.39 is 17.5 Å². The van der Waals surface area contributed by atoms with Crippen LogP contribution in [0.1, 0.15) is 49.8 Å². The van der Waals surface area contributed by atoms with Crippen molar-refractivity contribution in [1.29, 1.82) is 0 Å². The Balaban J connectivity index is 1.61. The quantitative estimate of drug-likeness (QED) is 0.672. The van der Waals surface area contributed by atoms with E-state index in [1.807, 2.05) is 0 Å². The third-order valence-corrected chi connectivity index (χ3v) is 5.06. The number of carbonyl (C=O) groups is 3. The first-order valence-electron chi connectivity index (χ1n) is 9.41. The van der Waals surface area contributed by atoms with E-state index in [2.05, 4.69) is 54.1 Å². The van der Waals surface area contributed by atoms with Crippen LogP contribution in [0.25, 0.3) is 0 Å². The van der Waals surface area contributed by atoms with Gasteiger partial charge in [-0.3, -0.25) is 14.9 Å². The van der Waals surface area contributed by atoms with Crippen LogP contribution >= 0.6 is 0 Å². The molecule has 0 saturated carbocycles. The highest BCUT2D eigenvalue weighted by Crippen LogP contribution is 2.26. The summed E-state index contributed by atoms with van der Waals surface area (Å²) in [6.45, 7) is 5.93. The second-order valence-corrected chi connectivity index (χ2v) is 7.56. The third kappa shape index (κ3) is 4.22. The van der Waals surface area contributed by atoms with Gasteiger partial charge in [0.2, 0.25) is 5.91 Å². The van der Waals surface area contributed by atoms with Crippen molar-refractivity contribution in [1.82, 2.24) is 10.6 Å². The first kappa shape index (κ1) is 19.6. The largest absolute Gasteiger partial charge is 0.326 e. The number of rotatable bonds is 6. The van der Waals surface area contributed by atoms with E-state index in [9.17, 15) is 14.4 Å². The number of amides is 4. The van der Waals surface area contributed by atoms with Gasteiger partial charge < -0.3 is 10.6 Å². The minimum atomic E-state index is -1.14. The van der Waals surface area contributed by atoms with Gasteiger partial charge in [-0.2, -0.15) is 0 Å². The highest BCUT2D eigenvalue weighted by Gasteiger charge is 2.43. The van der Waals surface area contributed by atoms with Crippen molar-refractivity contribution in [3.05, 3.63) is 65.2 Å². The molecule has 146 valence electrons. The molecule has 1 fully saturated rings. The van der Waals surface area contributed by atoms with E-state index in [0.717, 1.165) is 5.56 Å². The van der Waals surface area contributed by atoms with E-state index in [4.69, 9.17) is 0 Å². The van der Waals surface area contributed by atoms with Crippen LogP contribution in [-0.2, 0) is 21.5 Å². The molecule has 1 aliphatic rings. The Kier molecular flexibility index (Phi) is 5.49. The van der Waals surface area contributed by atoms with Crippen LogP contribution in [0.2, 0.25) is 0 Å². The molecule has 6 heteroatoms. The Bertz CT molecular complexity index is 905. The Hall–Kier alpha value is -3.15. The van der Waals surface area contributed by atoms with Crippen molar-refractivity contribution in [2.24, 2.45) is 0 Å². The minimum Gasteiger partial charge on any atom is -0.326 e. The molecule has 2 aromatic carbocycles. The summed E-state index contributed by atoms with van der Waals surface area (Å²) in [4.78, 5) is 35.9. The molecule has 1 heterocycles. The second-order valence-electron chi connectivity index (χ2n) is 7.56. The maximum absolute atomic E-state index is 12.3. The first-order chi connectivity index (χ1) is 13.3. The number of anilines is 1. The van der Waals surface area contributed by atoms with Gasteiger partial charge in [0.1, 0.15) is 5.54 Å². The van der Waals surface area contributed by atoms with Crippen molar-refractivity contribution < 1.29 is 14.4 Å². The molecule has 0 aliphatic carbocycles. The van der Waals surface area contributed by atoms with E-state index >= 15 is 0 Å². The molecule has 1 unspecified atom stereocenters. The Morgan fingerprint density at radius 2 is 1.82 bits per heavy atom. The topological polar surface area (TPSA) is 87.3 Å². The molecule has 3 rings (SSSR count). The standard InChI is InChI=1S/C22H25N3O3/c1-14(2)16-10-7-15(8-11-16)9-12-19(26)23-18-6-4-5-17(13-18)22(3)20(27)24-21(28)25-22/h4-8,10-11,13-14H,9,12H2,1-3H3,(H,23,26)(H2,24,25,27,28). The average molecular weight is 379 g/mol. The van der Waals surface area contributed by atoms with Crippen molar-refractivity contribution in [2.75, 3.05) is 5.32 Å². The fraction of sp³-hybridized carbons (Fsp3) is 0.318. The van der Waals surface area contributed by atoms with Crippen molar-refractivity contribution in [2.45, 2.75) is 45.1 Å². The maximum atomic E-state index is 12.3. The predicted molar refractivity (Wildman–Crippen MR) is 108 cm³/mol. The highest BCUT2D eigenvalue weighted by molar-refractivity contribution is 6.07. The van der Waals surface area contributed by atoms with Crippen LogP contribution in [0.3, 0.4) is 0 Å². The SMILES string of the molecule is CC(C)c1ccc(CCC(=O)Nc2cccc(C3(C)NC(=O)NC3=O)c2)cc1. The molecule has 0 bridgehead atoms. The summed E-state index contributed by atoms with van der Waals surface area (Å²) in [7, 11) is 0. The monoisotopic (exact) mass is 379 g/mol. The lowest BCUT2D eigenvalue weighted by molar-refractivity contribution is -0.123. The van der Waals surface area contributed by atoms with Crippen molar-refractivity contribution in [3.8, 4) is 0 Å². The van der Waals surface area contributed by atoms with Gasteiger partial charge >= 0.3 is 6.03 Å². The normalized spacial score (nSPS) is 18.7. The smallest absolute Gasteiger partial charge is 0.322 e. The fourth-order valence-corrected chi connectivity index (χ4v) is 3.20. The van der Waals surface area contributed by atoms with Gasteiger partial charge in [-0.1, -0.05) is 50.2 Å². The molecule has 6 nitrogen and oxygen atoms in total. The molecule has 1 aliphatic heterocycles. The first-order valence-corrected chi connectivity index (χ1v) is 9.41. The van der Waals surface area contributed by atoms with Gasteiger partial charge in [0.05, 0.1) is 0 Å². The molecule has 28 heavy (non-hydrogen) atoms. The van der Waals surface area contributed by atoms with Crippen LogP contribution < -0.4 is 16.0 Å². The molecular formula is C22H25N3O3. The van der Waals surface area contributed by atoms with Gasteiger partial charge in [-0.15, -0.1) is 0 Å². The summed E-state index contributed by atoms with van der Waals surface area (Å²) in [6, 6.07) is 14.8. The Labute approximate surface area is 164 Å². The zero-order valence-corrected chi connectivity index (χ0v) is 16.3. The summed E-state index contributed by atoms with van der Waals surface area (Å²) in [5, 5.41) is 7.73. The lowest BCUT2D eigenvalue weighted by Crippen LogP contribution is -2.40. The molecule has 1 saturated heterocycles. The fourth-order valence-electron chi connectivity index (χ4n) is 3.20. The predicted octanol–water partition coefficient (Wildman–Crippen LogP) is 3.44. The third-order valence-electron chi connectivity index (χ3n) is 5.06. The highest BCUT2D eigenvalue weighted by atomic mass is 16.2. The summed E-state index contributed by atoms with van der Waals surface area (Å²) >= 11 is 0. The van der Waals surface area contributed by atoms with Crippen LogP contribution in [0.5, 0.6) is 0 Å². The van der Waals surface area contributed by atoms with Gasteiger partial charge in [-0.25, -0.2) is 4.79 Å². The van der Waals surface area contributed by atoms with Crippen LogP contribution in [0.15, 0.2) is 48.5 Å². The number of hydrogen-bond donors (Lipinski definition) is 3. The number of urea groups is 1. The van der Waals surface area contributed by atoms with Gasteiger partial charge in [0.25, 0.3) is 5.91 Å². The lowest BCUT2D eigenvalue weighted by Gasteiger charge is -2.21. The number of aryl methyl sites for hydroxylation is 1. The average Bonchev–Trinajstić information content (AvgIpc) is 2.93. The molecule has 4 amide bonds. The molecule has 3 N–H and O–H groups in total. The van der Waals surface area contributed by atoms with Crippen molar-refractivity contribution in [3.63, 3.8) is 0 Å². The van der Waals surface area contributed by atoms with Gasteiger partial charge in [0, 0.05) is 12.1 Å². The van der Waals surface area contributed by atoms with E-state index in [1.165, 1.54) is 5.56 Å². The Morgan fingerprint density at radius 1 is 1.11 bits per heavy atom. The summed E-state index contributed by atoms with van der Waals surface area (Å²) in [6.07, 6.45) is 1.01. The maximum Gasteiger partial charge on any atom is 0.322 e. The van der Waals surface area contributed by atoms with Crippen LogP contribution in [0.4, 0.5) is 10.5 Å². The van der Waals surface area contributed by atoms with Gasteiger partial charge in [-0.05, 0) is 48.1 Å². The van der Waals surface area contributed by atoms with E-state index in [-0.39, 0.29) is 5.91 Å². The summed E-state index contributed by atoms with van der Waals surface area (Å²) in [5.41, 5.74) is 2.45. The molecular weight excluding hydrogens is 354 g/mol. The van der Waals surface area contributed by atoms with Gasteiger partial charge in [0.15, 0.2) is 0 Å². The van der Waals surface area contributed by atoms with E-state index in [1.54, 1.807) is 31.2 Å². The molecule has 0 radical (unpaired) electrons. The van der Waals surface area contributed by atoms with E-state index in [0.29, 0.717) is 30.0 Å². The molecule has 0 aromatic heterocycles. The number of hydrogen-bond acceptors (Lipinski definition) is 3. The van der Waals surface area contributed by atoms with Crippen LogP contribution in [0, 0.1) is 0 Å². The lowest BCUT2D eigenvalue weighted by atomic mass is 9.92. The van der Waals surface area contributed by atoms with Crippen LogP contribution in [-0.4, -0.2) is 17.8 Å². The molecule has 1 atom stereocenters. The summed E-state index contributed by atoms with van der Waals surface area (Å²) < 4.78 is 0. The molecule has 0 spiro atoms. The molecule has 2 aromatic rings. The Morgan fingerprint density at radius 3 is 2.43 bits per heavy atom. The second kappa shape index (κ2) is 7.84. The zero-order valence-electron chi connectivity index (χ0n) is 16.3. The van der Waals surface area contributed by atoms with Crippen molar-refractivity contribution >= 4 is 23.5 Å². The number of imide groups is 1. The summed E-state index contributed by atoms with van der Waals surface area (Å²) in [5.74, 6) is -0.0285. The number of benzene rings is 2.